The summed E-state index contributed by atoms with van der Waals surface area (Å²) < 4.78 is 5.11. The first-order valence-corrected chi connectivity index (χ1v) is 11.7. The number of hydrogen-bond donors (Lipinski definition) is 3. The number of rotatable bonds is 6. The quantitative estimate of drug-likeness (QED) is 0.464. The monoisotopic (exact) mass is 399 g/mol. The van der Waals surface area contributed by atoms with E-state index in [0.29, 0.717) is 16.6 Å². The fraction of sp³-hybridized carbons (Fsp3) is 0.800. The van der Waals surface area contributed by atoms with Gasteiger partial charge in [-0.25, -0.2) is 9.59 Å². The number of amides is 1. The molecule has 0 unspecified atom stereocenters. The van der Waals surface area contributed by atoms with Gasteiger partial charge in [0, 0.05) is 0 Å². The van der Waals surface area contributed by atoms with Crippen LogP contribution in [0.5, 0.6) is 0 Å². The average molecular weight is 400 g/mol. The van der Waals surface area contributed by atoms with Crippen LogP contribution in [0.2, 0.25) is 16.6 Å². The normalized spacial score (nSPS) is 15.8. The Kier molecular flexibility index (Phi) is 8.60. The highest BCUT2D eigenvalue weighted by Gasteiger charge is 2.44. The van der Waals surface area contributed by atoms with E-state index >= 15 is 0 Å². The van der Waals surface area contributed by atoms with Crippen LogP contribution in [-0.4, -0.2) is 47.6 Å². The van der Waals surface area contributed by atoms with Gasteiger partial charge in [-0.1, -0.05) is 47.5 Å². The zero-order valence-corrected chi connectivity index (χ0v) is 19.4. The maximum atomic E-state index is 12.0. The minimum Gasteiger partial charge on any atom is -0.480 e. The Morgan fingerprint density at radius 2 is 1.37 bits per heavy atom. The summed E-state index contributed by atoms with van der Waals surface area (Å²) in [6, 6.07) is -1.60. The van der Waals surface area contributed by atoms with Crippen LogP contribution in [0.25, 0.3) is 0 Å². The van der Waals surface area contributed by atoms with Crippen molar-refractivity contribution in [1.82, 2.24) is 5.32 Å². The molecule has 0 fully saturated rings. The van der Waals surface area contributed by atoms with E-state index in [9.17, 15) is 19.8 Å². The van der Waals surface area contributed by atoms with Crippen LogP contribution < -0.4 is 5.32 Å². The van der Waals surface area contributed by atoms with Gasteiger partial charge in [0.15, 0.2) is 11.6 Å². The van der Waals surface area contributed by atoms with Crippen LogP contribution in [0.15, 0.2) is 0 Å². The summed E-state index contributed by atoms with van der Waals surface area (Å²) in [7, 11) is -2.15. The number of carboxylic acids is 1. The Balaban J connectivity index is 5.90. The minimum atomic E-state index is -2.15. The maximum Gasteiger partial charge on any atom is 0.408 e. The van der Waals surface area contributed by atoms with Gasteiger partial charge in [-0.2, -0.15) is 0 Å². The van der Waals surface area contributed by atoms with E-state index in [1.54, 1.807) is 20.8 Å². The van der Waals surface area contributed by atoms with Crippen molar-refractivity contribution in [2.45, 2.75) is 103 Å². The Hall–Kier alpha value is -1.52. The molecule has 0 aliphatic carbocycles. The van der Waals surface area contributed by atoms with E-state index in [2.05, 4.69) is 58.3 Å². The van der Waals surface area contributed by atoms with Gasteiger partial charge in [-0.3, -0.25) is 0 Å². The number of ether oxygens (including phenoxy) is 1. The number of aliphatic carboxylic acids is 1. The van der Waals surface area contributed by atoms with Crippen molar-refractivity contribution in [3.8, 4) is 11.5 Å². The topological polar surface area (TPSA) is 95.9 Å². The highest BCUT2D eigenvalue weighted by molar-refractivity contribution is 6.90. The van der Waals surface area contributed by atoms with E-state index in [1.807, 2.05) is 0 Å². The SMILES string of the molecule is CC(C)[Si](C#C[C@@](C)(O)[C@H](NC(=O)OC(C)(C)C)C(=O)O)(C(C)C)C(C)C. The highest BCUT2D eigenvalue weighted by atomic mass is 28.3. The smallest absolute Gasteiger partial charge is 0.408 e. The molecule has 0 heterocycles. The van der Waals surface area contributed by atoms with E-state index < -0.39 is 37.4 Å². The molecule has 0 saturated heterocycles. The first kappa shape index (κ1) is 25.5. The second-order valence-electron chi connectivity index (χ2n) is 9.21. The summed E-state index contributed by atoms with van der Waals surface area (Å²) >= 11 is 0. The van der Waals surface area contributed by atoms with Crippen molar-refractivity contribution in [3.05, 3.63) is 0 Å². The molecule has 0 saturated carbocycles. The fourth-order valence-electron chi connectivity index (χ4n) is 3.61. The second kappa shape index (κ2) is 9.11. The number of carbonyl (C=O) groups excluding carboxylic acids is 1. The van der Waals surface area contributed by atoms with Gasteiger partial charge in [-0.05, 0) is 44.3 Å². The predicted molar refractivity (Wildman–Crippen MR) is 110 cm³/mol. The van der Waals surface area contributed by atoms with E-state index in [0.717, 1.165) is 0 Å². The van der Waals surface area contributed by atoms with Gasteiger partial charge in [0.1, 0.15) is 13.7 Å². The number of aliphatic hydroxyl groups is 1. The molecule has 27 heavy (non-hydrogen) atoms. The highest BCUT2D eigenvalue weighted by Crippen LogP contribution is 2.40. The number of carboxylic acid groups (broad SMARTS) is 1. The molecule has 0 rings (SSSR count). The molecular weight excluding hydrogens is 362 g/mol. The molecule has 0 bridgehead atoms. The molecule has 0 aliphatic rings. The lowest BCUT2D eigenvalue weighted by Crippen LogP contribution is -2.56. The van der Waals surface area contributed by atoms with Crippen molar-refractivity contribution in [2.24, 2.45) is 0 Å². The lowest BCUT2D eigenvalue weighted by atomic mass is 9.98. The third kappa shape index (κ3) is 6.85. The Morgan fingerprint density at radius 3 is 1.67 bits per heavy atom. The van der Waals surface area contributed by atoms with Crippen LogP contribution >= 0.6 is 0 Å². The molecule has 0 aromatic heterocycles. The maximum absolute atomic E-state index is 12.0. The predicted octanol–water partition coefficient (Wildman–Crippen LogP) is 3.94. The second-order valence-corrected chi connectivity index (χ2v) is 14.8. The number of hydrogen-bond acceptors (Lipinski definition) is 4. The number of alkyl carbamates (subject to hydrolysis) is 1. The van der Waals surface area contributed by atoms with Crippen molar-refractivity contribution >= 4 is 20.1 Å². The lowest BCUT2D eigenvalue weighted by Gasteiger charge is -2.38. The van der Waals surface area contributed by atoms with Gasteiger partial charge < -0.3 is 20.3 Å². The summed E-state index contributed by atoms with van der Waals surface area (Å²) in [4.78, 5) is 23.7. The van der Waals surface area contributed by atoms with Crippen molar-refractivity contribution in [1.29, 1.82) is 0 Å². The molecule has 2 atom stereocenters. The zero-order chi connectivity index (χ0) is 21.8. The molecule has 7 heteroatoms. The fourth-order valence-corrected chi connectivity index (χ4v) is 8.94. The molecule has 0 radical (unpaired) electrons. The zero-order valence-electron chi connectivity index (χ0n) is 18.4. The first-order valence-electron chi connectivity index (χ1n) is 9.46. The van der Waals surface area contributed by atoms with Crippen LogP contribution in [0.1, 0.15) is 69.2 Å². The molecule has 1 amide bonds. The van der Waals surface area contributed by atoms with E-state index in [4.69, 9.17) is 4.74 Å². The molecule has 0 aliphatic heterocycles. The van der Waals surface area contributed by atoms with Gasteiger partial charge in [0.05, 0.1) is 0 Å². The molecule has 3 N–H and O–H groups in total. The summed E-state index contributed by atoms with van der Waals surface area (Å²) in [6.07, 6.45) is -0.905. The molecular formula is C20H37NO5Si. The summed E-state index contributed by atoms with van der Waals surface area (Å²) in [5.41, 5.74) is 1.61. The minimum absolute atomic E-state index is 0.336. The number of nitrogens with one attached hydrogen (secondary N) is 1. The standard InChI is InChI=1S/C20H37NO5Si/c1-13(2)27(14(3)4,15(5)6)12-11-20(10,25)16(17(22)23)21-18(24)26-19(7,8)9/h13-16,25H,1-10H3,(H,21,24)(H,22,23)/t16-,20-/m1/s1. The van der Waals surface area contributed by atoms with Crippen LogP contribution in [-0.2, 0) is 9.53 Å². The summed E-state index contributed by atoms with van der Waals surface area (Å²) in [6.45, 7) is 19.1. The van der Waals surface area contributed by atoms with E-state index in [1.165, 1.54) is 6.92 Å². The number of carbonyl (C=O) groups is 2. The van der Waals surface area contributed by atoms with Crippen LogP contribution in [0.3, 0.4) is 0 Å². The molecule has 156 valence electrons. The Morgan fingerprint density at radius 1 is 0.963 bits per heavy atom. The van der Waals surface area contributed by atoms with Crippen LogP contribution in [0, 0.1) is 11.5 Å². The van der Waals surface area contributed by atoms with Gasteiger partial charge in [-0.15, -0.1) is 5.54 Å². The molecule has 0 aromatic rings. The first-order chi connectivity index (χ1) is 12.0. The summed E-state index contributed by atoms with van der Waals surface area (Å²) in [5, 5.41) is 22.6. The Bertz CT molecular complexity index is 572. The van der Waals surface area contributed by atoms with Crippen molar-refractivity contribution in [3.63, 3.8) is 0 Å². The van der Waals surface area contributed by atoms with Crippen molar-refractivity contribution in [2.75, 3.05) is 0 Å². The van der Waals surface area contributed by atoms with Gasteiger partial charge in [0.2, 0.25) is 0 Å². The Labute approximate surface area is 165 Å². The largest absolute Gasteiger partial charge is 0.480 e. The molecule has 0 aromatic carbocycles. The van der Waals surface area contributed by atoms with Gasteiger partial charge >= 0.3 is 12.1 Å². The molecule has 0 spiro atoms. The molecule has 6 nitrogen and oxygen atoms in total. The van der Waals surface area contributed by atoms with Gasteiger partial charge in [0.25, 0.3) is 0 Å². The summed E-state index contributed by atoms with van der Waals surface area (Å²) in [5.74, 6) is 1.44. The third-order valence-electron chi connectivity index (χ3n) is 4.87. The van der Waals surface area contributed by atoms with E-state index in [-0.39, 0.29) is 0 Å². The third-order valence-corrected chi connectivity index (χ3v) is 11.2. The average Bonchev–Trinajstić information content (AvgIpc) is 2.41. The van der Waals surface area contributed by atoms with Crippen LogP contribution in [0.4, 0.5) is 4.79 Å². The lowest BCUT2D eigenvalue weighted by molar-refractivity contribution is -0.144. The van der Waals surface area contributed by atoms with Crippen molar-refractivity contribution < 1.29 is 24.5 Å².